The van der Waals surface area contributed by atoms with Crippen molar-refractivity contribution in [1.82, 2.24) is 15.0 Å². The van der Waals surface area contributed by atoms with Crippen molar-refractivity contribution < 1.29 is 14.6 Å². The molecule has 90 valence electrons. The summed E-state index contributed by atoms with van der Waals surface area (Å²) in [6, 6.07) is 0.355. The van der Waals surface area contributed by atoms with E-state index in [1.807, 2.05) is 6.92 Å². The van der Waals surface area contributed by atoms with E-state index in [-0.39, 0.29) is 25.2 Å². The summed E-state index contributed by atoms with van der Waals surface area (Å²) < 4.78 is 10.4. The number of rotatable bonds is 7. The highest BCUT2D eigenvalue weighted by molar-refractivity contribution is 5.26. The van der Waals surface area contributed by atoms with E-state index in [4.69, 9.17) is 14.6 Å². The lowest BCUT2D eigenvalue weighted by molar-refractivity contribution is 0.188. The molecule has 0 saturated carbocycles. The molecule has 0 bridgehead atoms. The van der Waals surface area contributed by atoms with Crippen molar-refractivity contribution >= 4 is 5.95 Å². The van der Waals surface area contributed by atoms with Gasteiger partial charge in [0.25, 0.3) is 0 Å². The summed E-state index contributed by atoms with van der Waals surface area (Å²) in [5.41, 5.74) is 0. The molecule has 0 unspecified atom stereocenters. The van der Waals surface area contributed by atoms with Crippen LogP contribution in [-0.2, 0) is 0 Å². The fraction of sp³-hybridized carbons (Fsp3) is 0.667. The van der Waals surface area contributed by atoms with Crippen LogP contribution >= 0.6 is 0 Å². The highest BCUT2D eigenvalue weighted by Crippen LogP contribution is 2.12. The Labute approximate surface area is 93.9 Å². The molecule has 1 rings (SSSR count). The van der Waals surface area contributed by atoms with Crippen LogP contribution < -0.4 is 14.8 Å². The maximum Gasteiger partial charge on any atom is 0.324 e. The number of nitrogens with zero attached hydrogens (tertiary/aromatic N) is 3. The maximum absolute atomic E-state index is 8.62. The Hall–Kier alpha value is -1.63. The van der Waals surface area contributed by atoms with Gasteiger partial charge in [-0.25, -0.2) is 0 Å². The van der Waals surface area contributed by atoms with Crippen LogP contribution in [0.5, 0.6) is 12.0 Å². The lowest BCUT2D eigenvalue weighted by Crippen LogP contribution is -2.09. The SMILES string of the molecule is CCCOc1nc(NC)nc(OCCO)n1. The van der Waals surface area contributed by atoms with E-state index >= 15 is 0 Å². The van der Waals surface area contributed by atoms with Crippen molar-refractivity contribution in [3.63, 3.8) is 0 Å². The van der Waals surface area contributed by atoms with Gasteiger partial charge in [-0.3, -0.25) is 0 Å². The Bertz CT molecular complexity index is 295. The van der Waals surface area contributed by atoms with Crippen molar-refractivity contribution in [1.29, 1.82) is 0 Å². The molecule has 0 aromatic carbocycles. The number of hydrogen-bond donors (Lipinski definition) is 2. The number of anilines is 1. The lowest BCUT2D eigenvalue weighted by Gasteiger charge is -2.07. The van der Waals surface area contributed by atoms with Crippen LogP contribution in [0.15, 0.2) is 0 Å². The van der Waals surface area contributed by atoms with Gasteiger partial charge in [0.15, 0.2) is 0 Å². The molecule has 7 nitrogen and oxygen atoms in total. The number of ether oxygens (including phenoxy) is 2. The van der Waals surface area contributed by atoms with Gasteiger partial charge in [0.2, 0.25) is 5.95 Å². The molecule has 0 amide bonds. The van der Waals surface area contributed by atoms with Gasteiger partial charge in [-0.1, -0.05) is 6.92 Å². The number of aromatic nitrogens is 3. The Morgan fingerprint density at radius 3 is 2.25 bits per heavy atom. The van der Waals surface area contributed by atoms with Gasteiger partial charge < -0.3 is 19.9 Å². The molecule has 1 aromatic rings. The van der Waals surface area contributed by atoms with Crippen LogP contribution in [0, 0.1) is 0 Å². The van der Waals surface area contributed by atoms with Gasteiger partial charge in [-0.2, -0.15) is 9.97 Å². The fourth-order valence-corrected chi connectivity index (χ4v) is 0.909. The van der Waals surface area contributed by atoms with Gasteiger partial charge in [-0.05, 0) is 6.42 Å². The van der Waals surface area contributed by atoms with Gasteiger partial charge in [0.05, 0.1) is 13.2 Å². The highest BCUT2D eigenvalue weighted by Gasteiger charge is 2.07. The smallest absolute Gasteiger partial charge is 0.324 e. The van der Waals surface area contributed by atoms with Crippen LogP contribution in [0.25, 0.3) is 0 Å². The molecule has 0 radical (unpaired) electrons. The summed E-state index contributed by atoms with van der Waals surface area (Å²) in [7, 11) is 1.69. The number of aliphatic hydroxyl groups is 1. The molecule has 0 aliphatic heterocycles. The monoisotopic (exact) mass is 228 g/mol. The predicted octanol–water partition coefficient (Wildman–Crippen LogP) is 0.0732. The van der Waals surface area contributed by atoms with Crippen molar-refractivity contribution in [3.05, 3.63) is 0 Å². The minimum atomic E-state index is -0.0915. The van der Waals surface area contributed by atoms with Crippen LogP contribution in [0.2, 0.25) is 0 Å². The largest absolute Gasteiger partial charge is 0.463 e. The molecule has 0 fully saturated rings. The molecule has 0 aliphatic carbocycles. The van der Waals surface area contributed by atoms with Crippen molar-refractivity contribution in [2.45, 2.75) is 13.3 Å². The zero-order valence-corrected chi connectivity index (χ0v) is 9.43. The van der Waals surface area contributed by atoms with Gasteiger partial charge in [0, 0.05) is 7.05 Å². The van der Waals surface area contributed by atoms with E-state index in [1.54, 1.807) is 7.05 Å². The first-order chi connectivity index (χ1) is 7.80. The van der Waals surface area contributed by atoms with Crippen molar-refractivity contribution in [3.8, 4) is 12.0 Å². The molecule has 7 heteroatoms. The third-order valence-electron chi connectivity index (χ3n) is 1.58. The standard InChI is InChI=1S/C9H16N4O3/c1-3-5-15-8-11-7(10-2)12-9(13-8)16-6-4-14/h14H,3-6H2,1-2H3,(H,10,11,12,13). The van der Waals surface area contributed by atoms with Crippen LogP contribution in [0.3, 0.4) is 0 Å². The second kappa shape index (κ2) is 6.78. The summed E-state index contributed by atoms with van der Waals surface area (Å²) in [5, 5.41) is 11.4. The average Bonchev–Trinajstić information content (AvgIpc) is 2.33. The summed E-state index contributed by atoms with van der Waals surface area (Å²) in [4.78, 5) is 11.9. The summed E-state index contributed by atoms with van der Waals surface area (Å²) in [5.74, 6) is 0.369. The topological polar surface area (TPSA) is 89.4 Å². The molecule has 16 heavy (non-hydrogen) atoms. The molecule has 1 aromatic heterocycles. The van der Waals surface area contributed by atoms with E-state index < -0.39 is 0 Å². The molecule has 0 aliphatic rings. The summed E-state index contributed by atoms with van der Waals surface area (Å²) in [6.07, 6.45) is 0.868. The number of hydrogen-bond acceptors (Lipinski definition) is 7. The summed E-state index contributed by atoms with van der Waals surface area (Å²) >= 11 is 0. The first-order valence-corrected chi connectivity index (χ1v) is 5.10. The maximum atomic E-state index is 8.62. The second-order valence-corrected chi connectivity index (χ2v) is 2.89. The Morgan fingerprint density at radius 1 is 1.12 bits per heavy atom. The molecular formula is C9H16N4O3. The third kappa shape index (κ3) is 3.85. The predicted molar refractivity (Wildman–Crippen MR) is 57.7 cm³/mol. The zero-order valence-electron chi connectivity index (χ0n) is 9.43. The Kier molecular flexibility index (Phi) is 5.27. The Balaban J connectivity index is 2.74. The zero-order chi connectivity index (χ0) is 11.8. The molecule has 2 N–H and O–H groups in total. The normalized spacial score (nSPS) is 9.94. The van der Waals surface area contributed by atoms with Crippen LogP contribution in [0.4, 0.5) is 5.95 Å². The molecule has 1 heterocycles. The van der Waals surface area contributed by atoms with E-state index in [1.165, 1.54) is 0 Å². The quantitative estimate of drug-likeness (QED) is 0.682. The second-order valence-electron chi connectivity index (χ2n) is 2.89. The van der Waals surface area contributed by atoms with Gasteiger partial charge >= 0.3 is 12.0 Å². The molecule has 0 atom stereocenters. The Morgan fingerprint density at radius 2 is 1.75 bits per heavy atom. The van der Waals surface area contributed by atoms with E-state index in [0.717, 1.165) is 6.42 Å². The van der Waals surface area contributed by atoms with Crippen molar-refractivity contribution in [2.75, 3.05) is 32.2 Å². The van der Waals surface area contributed by atoms with Crippen LogP contribution in [0.1, 0.15) is 13.3 Å². The third-order valence-corrected chi connectivity index (χ3v) is 1.58. The summed E-state index contributed by atoms with van der Waals surface area (Å²) in [6.45, 7) is 2.57. The minimum absolute atomic E-state index is 0.0915. The lowest BCUT2D eigenvalue weighted by atomic mass is 10.5. The minimum Gasteiger partial charge on any atom is -0.463 e. The number of nitrogens with one attached hydrogen (secondary N) is 1. The van der Waals surface area contributed by atoms with Crippen molar-refractivity contribution in [2.24, 2.45) is 0 Å². The van der Waals surface area contributed by atoms with Gasteiger partial charge in [0.1, 0.15) is 6.61 Å². The van der Waals surface area contributed by atoms with E-state index in [2.05, 4.69) is 20.3 Å². The molecular weight excluding hydrogens is 212 g/mol. The molecule has 0 saturated heterocycles. The average molecular weight is 228 g/mol. The first kappa shape index (κ1) is 12.4. The fourth-order valence-electron chi connectivity index (χ4n) is 0.909. The number of aliphatic hydroxyl groups excluding tert-OH is 1. The van der Waals surface area contributed by atoms with E-state index in [9.17, 15) is 0 Å². The first-order valence-electron chi connectivity index (χ1n) is 5.10. The van der Waals surface area contributed by atoms with E-state index in [0.29, 0.717) is 12.6 Å². The highest BCUT2D eigenvalue weighted by atomic mass is 16.5. The molecule has 0 spiro atoms. The van der Waals surface area contributed by atoms with Crippen LogP contribution in [-0.4, -0.2) is 46.9 Å². The van der Waals surface area contributed by atoms with Gasteiger partial charge in [-0.15, -0.1) is 4.98 Å².